The van der Waals surface area contributed by atoms with Gasteiger partial charge in [-0.2, -0.15) is 4.98 Å². The molecule has 2 aromatic rings. The summed E-state index contributed by atoms with van der Waals surface area (Å²) in [6.07, 6.45) is 7.96. The maximum Gasteiger partial charge on any atom is 0.259 e. The Labute approximate surface area is 152 Å². The molecular weight excluding hydrogens is 332 g/mol. The molecule has 2 aliphatic heterocycles. The second-order valence-corrected chi connectivity index (χ2v) is 7.12. The van der Waals surface area contributed by atoms with Crippen molar-refractivity contribution in [1.82, 2.24) is 20.0 Å². The average Bonchev–Trinajstić information content (AvgIpc) is 3.37. The first-order chi connectivity index (χ1) is 12.8. The van der Waals surface area contributed by atoms with Crippen LogP contribution in [0.1, 0.15) is 31.5 Å². The highest BCUT2D eigenvalue weighted by Crippen LogP contribution is 2.26. The predicted molar refractivity (Wildman–Crippen MR) is 94.1 cm³/mol. The molecule has 0 aromatic carbocycles. The van der Waals surface area contributed by atoms with Crippen LogP contribution in [0.2, 0.25) is 0 Å². The van der Waals surface area contributed by atoms with Gasteiger partial charge >= 0.3 is 0 Å². The van der Waals surface area contributed by atoms with Gasteiger partial charge in [0, 0.05) is 51.0 Å². The first-order valence-electron chi connectivity index (χ1n) is 9.39. The molecule has 4 heterocycles. The van der Waals surface area contributed by atoms with E-state index in [0.717, 1.165) is 56.6 Å². The molecular formula is C19H24N4O3. The summed E-state index contributed by atoms with van der Waals surface area (Å²) in [4.78, 5) is 23.2. The van der Waals surface area contributed by atoms with Crippen LogP contribution in [-0.4, -0.2) is 52.2 Å². The Hall–Kier alpha value is -2.28. The first kappa shape index (κ1) is 17.1. The van der Waals surface area contributed by atoms with Gasteiger partial charge in [0.05, 0.1) is 5.56 Å². The third kappa shape index (κ3) is 3.93. The summed E-state index contributed by atoms with van der Waals surface area (Å²) in [6, 6.07) is 3.75. The average molecular weight is 356 g/mol. The number of pyridine rings is 1. The molecule has 2 aliphatic rings. The fourth-order valence-corrected chi connectivity index (χ4v) is 3.77. The van der Waals surface area contributed by atoms with E-state index in [1.807, 2.05) is 17.0 Å². The summed E-state index contributed by atoms with van der Waals surface area (Å²) in [5, 5.41) is 4.07. The van der Waals surface area contributed by atoms with Crippen LogP contribution in [0.4, 0.5) is 0 Å². The van der Waals surface area contributed by atoms with E-state index in [0.29, 0.717) is 30.9 Å². The maximum absolute atomic E-state index is 12.6. The normalized spacial score (nSPS) is 21.2. The Balaban J connectivity index is 1.27. The number of amides is 1. The number of carbonyl (C=O) groups is 1. The SMILES string of the molecule is O=C(C1CCOCC1)N1CCC(CCc2noc(-c3cccnc3)n2)C1. The molecule has 2 saturated heterocycles. The molecule has 0 bridgehead atoms. The number of aryl methyl sites for hydroxylation is 1. The second-order valence-electron chi connectivity index (χ2n) is 7.12. The maximum atomic E-state index is 12.6. The van der Waals surface area contributed by atoms with Gasteiger partial charge in [0.15, 0.2) is 5.82 Å². The fourth-order valence-electron chi connectivity index (χ4n) is 3.77. The number of carbonyl (C=O) groups excluding carboxylic acids is 1. The van der Waals surface area contributed by atoms with Gasteiger partial charge in [-0.25, -0.2) is 0 Å². The van der Waals surface area contributed by atoms with Gasteiger partial charge in [0.1, 0.15) is 0 Å². The summed E-state index contributed by atoms with van der Waals surface area (Å²) in [5.74, 6) is 2.21. The Morgan fingerprint density at radius 2 is 2.15 bits per heavy atom. The van der Waals surface area contributed by atoms with Crippen molar-refractivity contribution in [2.24, 2.45) is 11.8 Å². The smallest absolute Gasteiger partial charge is 0.259 e. The number of rotatable bonds is 5. The highest BCUT2D eigenvalue weighted by atomic mass is 16.5. The lowest BCUT2D eigenvalue weighted by Crippen LogP contribution is -2.37. The van der Waals surface area contributed by atoms with Crippen molar-refractivity contribution < 1.29 is 14.1 Å². The van der Waals surface area contributed by atoms with Gasteiger partial charge in [0.25, 0.3) is 5.89 Å². The molecule has 0 saturated carbocycles. The van der Waals surface area contributed by atoms with E-state index in [9.17, 15) is 4.79 Å². The summed E-state index contributed by atoms with van der Waals surface area (Å²) >= 11 is 0. The fraction of sp³-hybridized carbons (Fsp3) is 0.579. The Morgan fingerprint density at radius 3 is 2.96 bits per heavy atom. The zero-order chi connectivity index (χ0) is 17.8. The minimum Gasteiger partial charge on any atom is -0.381 e. The van der Waals surface area contributed by atoms with Gasteiger partial charge in [-0.1, -0.05) is 5.16 Å². The molecule has 1 atom stereocenters. The Morgan fingerprint density at radius 1 is 1.27 bits per heavy atom. The van der Waals surface area contributed by atoms with Crippen LogP contribution in [-0.2, 0) is 16.0 Å². The molecule has 0 N–H and O–H groups in total. The van der Waals surface area contributed by atoms with Gasteiger partial charge < -0.3 is 14.2 Å². The highest BCUT2D eigenvalue weighted by molar-refractivity contribution is 5.79. The first-order valence-corrected chi connectivity index (χ1v) is 9.39. The zero-order valence-corrected chi connectivity index (χ0v) is 14.8. The second kappa shape index (κ2) is 7.95. The minimum atomic E-state index is 0.154. The molecule has 1 amide bonds. The number of hydrogen-bond donors (Lipinski definition) is 0. The number of ether oxygens (including phenoxy) is 1. The zero-order valence-electron chi connectivity index (χ0n) is 14.8. The van der Waals surface area contributed by atoms with E-state index in [-0.39, 0.29) is 5.92 Å². The van der Waals surface area contributed by atoms with Crippen LogP contribution in [0.5, 0.6) is 0 Å². The van der Waals surface area contributed by atoms with Crippen molar-refractivity contribution in [3.63, 3.8) is 0 Å². The number of nitrogens with zero attached hydrogens (tertiary/aromatic N) is 4. The summed E-state index contributed by atoms with van der Waals surface area (Å²) in [6.45, 7) is 3.15. The molecule has 2 aromatic heterocycles. The number of aromatic nitrogens is 3. The number of likely N-dealkylation sites (tertiary alicyclic amines) is 1. The Kier molecular flexibility index (Phi) is 5.24. The van der Waals surface area contributed by atoms with Gasteiger partial charge in [-0.05, 0) is 43.7 Å². The van der Waals surface area contributed by atoms with Crippen LogP contribution in [0.3, 0.4) is 0 Å². The third-order valence-electron chi connectivity index (χ3n) is 5.32. The van der Waals surface area contributed by atoms with Crippen molar-refractivity contribution in [2.45, 2.75) is 32.1 Å². The van der Waals surface area contributed by atoms with Crippen molar-refractivity contribution in [3.8, 4) is 11.5 Å². The minimum absolute atomic E-state index is 0.154. The predicted octanol–water partition coefficient (Wildman–Crippen LogP) is 2.34. The van der Waals surface area contributed by atoms with E-state index < -0.39 is 0 Å². The number of hydrogen-bond acceptors (Lipinski definition) is 6. The van der Waals surface area contributed by atoms with Crippen LogP contribution >= 0.6 is 0 Å². The topological polar surface area (TPSA) is 81.4 Å². The third-order valence-corrected chi connectivity index (χ3v) is 5.32. The molecule has 4 rings (SSSR count). The highest BCUT2D eigenvalue weighted by Gasteiger charge is 2.31. The monoisotopic (exact) mass is 356 g/mol. The van der Waals surface area contributed by atoms with Crippen LogP contribution in [0.25, 0.3) is 11.5 Å². The summed E-state index contributed by atoms with van der Waals surface area (Å²) < 4.78 is 10.7. The quantitative estimate of drug-likeness (QED) is 0.818. The Bertz CT molecular complexity index is 727. The van der Waals surface area contributed by atoms with Gasteiger partial charge in [-0.15, -0.1) is 0 Å². The van der Waals surface area contributed by atoms with Gasteiger partial charge in [0.2, 0.25) is 5.91 Å². The van der Waals surface area contributed by atoms with Crippen molar-refractivity contribution >= 4 is 5.91 Å². The van der Waals surface area contributed by atoms with E-state index in [1.165, 1.54) is 0 Å². The van der Waals surface area contributed by atoms with E-state index in [2.05, 4.69) is 15.1 Å². The standard InChI is InChI=1S/C19H24N4O3/c24-19(15-6-10-25-11-7-15)23-9-5-14(13-23)3-4-17-21-18(26-22-17)16-2-1-8-20-12-16/h1-2,8,12,14-15H,3-7,9-11,13H2. The van der Waals surface area contributed by atoms with Gasteiger partial charge in [-0.3, -0.25) is 9.78 Å². The molecule has 1 unspecified atom stereocenters. The lowest BCUT2D eigenvalue weighted by molar-refractivity contribution is -0.137. The molecule has 7 heteroatoms. The molecule has 0 aliphatic carbocycles. The molecule has 0 radical (unpaired) electrons. The van der Waals surface area contributed by atoms with Crippen LogP contribution in [0, 0.1) is 11.8 Å². The van der Waals surface area contributed by atoms with E-state index in [1.54, 1.807) is 12.4 Å². The molecule has 26 heavy (non-hydrogen) atoms. The van der Waals surface area contributed by atoms with Crippen molar-refractivity contribution in [3.05, 3.63) is 30.4 Å². The summed E-state index contributed by atoms with van der Waals surface area (Å²) in [5.41, 5.74) is 0.834. The van der Waals surface area contributed by atoms with Crippen molar-refractivity contribution in [1.29, 1.82) is 0 Å². The molecule has 2 fully saturated rings. The molecule has 138 valence electrons. The molecule has 0 spiro atoms. The largest absolute Gasteiger partial charge is 0.381 e. The van der Waals surface area contributed by atoms with E-state index >= 15 is 0 Å². The van der Waals surface area contributed by atoms with Crippen molar-refractivity contribution in [2.75, 3.05) is 26.3 Å². The lowest BCUT2D eigenvalue weighted by Gasteiger charge is -2.26. The molecule has 7 nitrogen and oxygen atoms in total. The van der Waals surface area contributed by atoms with E-state index in [4.69, 9.17) is 9.26 Å². The van der Waals surface area contributed by atoms with Crippen LogP contribution in [0.15, 0.2) is 29.0 Å². The summed E-state index contributed by atoms with van der Waals surface area (Å²) in [7, 11) is 0. The lowest BCUT2D eigenvalue weighted by atomic mass is 9.98. The van der Waals surface area contributed by atoms with Crippen LogP contribution < -0.4 is 0 Å².